The molecule has 1 heterocycles. The number of ether oxygens (including phenoxy) is 1. The molecule has 0 saturated carbocycles. The van der Waals surface area contributed by atoms with E-state index in [4.69, 9.17) is 10.1 Å². The minimum atomic E-state index is -0.438. The molecule has 1 aliphatic rings. The number of rotatable bonds is 3. The summed E-state index contributed by atoms with van der Waals surface area (Å²) in [6, 6.07) is 12.6. The zero-order valence-corrected chi connectivity index (χ0v) is 18.0. The van der Waals surface area contributed by atoms with Crippen LogP contribution in [0, 0.1) is 5.41 Å². The highest BCUT2D eigenvalue weighted by molar-refractivity contribution is 9.10. The van der Waals surface area contributed by atoms with Gasteiger partial charge in [-0.2, -0.15) is 0 Å². The summed E-state index contributed by atoms with van der Waals surface area (Å²) in [5, 5.41) is 10.0. The van der Waals surface area contributed by atoms with Crippen LogP contribution in [0.25, 0.3) is 6.08 Å². The Labute approximate surface area is 176 Å². The van der Waals surface area contributed by atoms with Crippen molar-refractivity contribution in [3.8, 4) is 5.75 Å². The molecule has 3 rings (SSSR count). The van der Waals surface area contributed by atoms with Gasteiger partial charge in [0.05, 0.1) is 14.9 Å². The third-order valence-corrected chi connectivity index (χ3v) is 5.55. The first-order valence-corrected chi connectivity index (χ1v) is 10.2. The zero-order valence-electron chi connectivity index (χ0n) is 15.6. The lowest BCUT2D eigenvalue weighted by Gasteiger charge is -2.19. The quantitative estimate of drug-likeness (QED) is 0.380. The molecule has 0 bridgehead atoms. The van der Waals surface area contributed by atoms with Gasteiger partial charge < -0.3 is 10.1 Å². The monoisotopic (exact) mass is 458 g/mol. The summed E-state index contributed by atoms with van der Waals surface area (Å²) >= 11 is 4.48. The van der Waals surface area contributed by atoms with Crippen molar-refractivity contribution >= 4 is 50.8 Å². The SMILES string of the molecule is CC(C)(C)c1ccc(C(=O)Oc2ccc(C=C3SC(=N)NC3=O)cc2Br)cc1. The summed E-state index contributed by atoms with van der Waals surface area (Å²) in [6.07, 6.45) is 1.68. The molecule has 1 amide bonds. The molecule has 0 atom stereocenters. The van der Waals surface area contributed by atoms with Gasteiger partial charge in [-0.3, -0.25) is 10.2 Å². The van der Waals surface area contributed by atoms with E-state index in [1.54, 1.807) is 36.4 Å². The van der Waals surface area contributed by atoms with Gasteiger partial charge in [0.1, 0.15) is 5.75 Å². The highest BCUT2D eigenvalue weighted by Gasteiger charge is 2.22. The molecule has 2 N–H and O–H groups in total. The normalized spacial score (nSPS) is 15.6. The van der Waals surface area contributed by atoms with E-state index in [2.05, 4.69) is 42.0 Å². The van der Waals surface area contributed by atoms with E-state index in [0.29, 0.717) is 20.7 Å². The second-order valence-corrected chi connectivity index (χ2v) is 9.21. The van der Waals surface area contributed by atoms with Gasteiger partial charge in [-0.25, -0.2) is 4.79 Å². The number of hydrogen-bond donors (Lipinski definition) is 2. The number of nitrogens with one attached hydrogen (secondary N) is 2. The van der Waals surface area contributed by atoms with Gasteiger partial charge in [0.15, 0.2) is 5.17 Å². The van der Waals surface area contributed by atoms with E-state index in [0.717, 1.165) is 22.9 Å². The maximum atomic E-state index is 12.4. The Morgan fingerprint density at radius 3 is 2.39 bits per heavy atom. The summed E-state index contributed by atoms with van der Waals surface area (Å²) < 4.78 is 6.09. The van der Waals surface area contributed by atoms with Gasteiger partial charge in [-0.05, 0) is 74.6 Å². The first kappa shape index (κ1) is 20.4. The molecule has 0 unspecified atom stereocenters. The summed E-state index contributed by atoms with van der Waals surface area (Å²) in [5.41, 5.74) is 2.39. The van der Waals surface area contributed by atoms with Crippen molar-refractivity contribution in [2.45, 2.75) is 26.2 Å². The molecule has 1 aliphatic heterocycles. The molecule has 28 heavy (non-hydrogen) atoms. The van der Waals surface area contributed by atoms with Crippen LogP contribution in [0.15, 0.2) is 51.8 Å². The predicted molar refractivity (Wildman–Crippen MR) is 116 cm³/mol. The van der Waals surface area contributed by atoms with Crippen molar-refractivity contribution in [2.24, 2.45) is 0 Å². The molecule has 5 nitrogen and oxygen atoms in total. The summed E-state index contributed by atoms with van der Waals surface area (Å²) in [4.78, 5) is 24.6. The number of halogens is 1. The number of esters is 1. The summed E-state index contributed by atoms with van der Waals surface area (Å²) in [7, 11) is 0. The Bertz CT molecular complexity index is 992. The molecule has 2 aromatic carbocycles. The zero-order chi connectivity index (χ0) is 20.5. The molecule has 0 aliphatic carbocycles. The molecular weight excluding hydrogens is 440 g/mol. The molecule has 2 aromatic rings. The fourth-order valence-corrected chi connectivity index (χ4v) is 3.73. The molecule has 0 spiro atoms. The summed E-state index contributed by atoms with van der Waals surface area (Å²) in [6.45, 7) is 6.35. The Hall–Kier alpha value is -2.38. The Kier molecular flexibility index (Phi) is 5.76. The van der Waals surface area contributed by atoms with Crippen LogP contribution < -0.4 is 10.1 Å². The molecular formula is C21H19BrN2O3S. The van der Waals surface area contributed by atoms with Crippen molar-refractivity contribution in [1.82, 2.24) is 5.32 Å². The van der Waals surface area contributed by atoms with E-state index in [1.807, 2.05) is 12.1 Å². The van der Waals surface area contributed by atoms with Crippen LogP contribution in [0.4, 0.5) is 0 Å². The molecule has 7 heteroatoms. The lowest BCUT2D eigenvalue weighted by atomic mass is 9.87. The fourth-order valence-electron chi connectivity index (χ4n) is 2.55. The Morgan fingerprint density at radius 1 is 1.18 bits per heavy atom. The van der Waals surface area contributed by atoms with Crippen molar-refractivity contribution in [1.29, 1.82) is 5.41 Å². The molecule has 1 fully saturated rings. The average Bonchev–Trinajstić information content (AvgIpc) is 2.93. The molecule has 1 saturated heterocycles. The number of amidine groups is 1. The van der Waals surface area contributed by atoms with Gasteiger partial charge in [0, 0.05) is 0 Å². The van der Waals surface area contributed by atoms with Crippen molar-refractivity contribution in [3.63, 3.8) is 0 Å². The van der Waals surface area contributed by atoms with Crippen LogP contribution in [0.1, 0.15) is 42.3 Å². The maximum absolute atomic E-state index is 12.4. The van der Waals surface area contributed by atoms with Crippen LogP contribution in [-0.4, -0.2) is 17.0 Å². The minimum absolute atomic E-state index is 0.0167. The van der Waals surface area contributed by atoms with E-state index >= 15 is 0 Å². The second kappa shape index (κ2) is 7.93. The van der Waals surface area contributed by atoms with Crippen LogP contribution in [0.2, 0.25) is 0 Å². The lowest BCUT2D eigenvalue weighted by Crippen LogP contribution is -2.18. The van der Waals surface area contributed by atoms with Crippen LogP contribution in [0.3, 0.4) is 0 Å². The smallest absolute Gasteiger partial charge is 0.343 e. The van der Waals surface area contributed by atoms with Gasteiger partial charge in [0.25, 0.3) is 5.91 Å². The van der Waals surface area contributed by atoms with Gasteiger partial charge >= 0.3 is 5.97 Å². The lowest BCUT2D eigenvalue weighted by molar-refractivity contribution is -0.115. The highest BCUT2D eigenvalue weighted by Crippen LogP contribution is 2.30. The standard InChI is InChI=1S/C21H19BrN2O3S/c1-21(2,3)14-7-5-13(6-8-14)19(26)27-16-9-4-12(10-15(16)22)11-17-18(25)24-20(23)28-17/h4-11H,1-3H3,(H2,23,24,25). The number of hydrogen-bond acceptors (Lipinski definition) is 5. The van der Waals surface area contributed by atoms with E-state index in [1.165, 1.54) is 0 Å². The van der Waals surface area contributed by atoms with Gasteiger partial charge in [0.2, 0.25) is 0 Å². The van der Waals surface area contributed by atoms with Gasteiger partial charge in [-0.15, -0.1) is 0 Å². The molecule has 0 aromatic heterocycles. The van der Waals surface area contributed by atoms with Crippen LogP contribution >= 0.6 is 27.7 Å². The number of benzene rings is 2. The van der Waals surface area contributed by atoms with Crippen LogP contribution in [-0.2, 0) is 10.2 Å². The Balaban J connectivity index is 1.74. The van der Waals surface area contributed by atoms with E-state index in [9.17, 15) is 9.59 Å². The number of thioether (sulfide) groups is 1. The predicted octanol–water partition coefficient (Wildman–Crippen LogP) is 5.10. The van der Waals surface area contributed by atoms with Crippen molar-refractivity contribution < 1.29 is 14.3 Å². The third-order valence-electron chi connectivity index (χ3n) is 4.11. The Morgan fingerprint density at radius 2 is 1.86 bits per heavy atom. The fraction of sp³-hybridized carbons (Fsp3) is 0.190. The highest BCUT2D eigenvalue weighted by atomic mass is 79.9. The third kappa shape index (κ3) is 4.72. The van der Waals surface area contributed by atoms with E-state index < -0.39 is 5.97 Å². The molecule has 0 radical (unpaired) electrons. The number of carbonyl (C=O) groups excluding carboxylic acids is 2. The van der Waals surface area contributed by atoms with Gasteiger partial charge in [-0.1, -0.05) is 39.0 Å². The van der Waals surface area contributed by atoms with Crippen LogP contribution in [0.5, 0.6) is 5.75 Å². The maximum Gasteiger partial charge on any atom is 0.343 e. The second-order valence-electron chi connectivity index (χ2n) is 7.30. The minimum Gasteiger partial charge on any atom is -0.422 e. The number of amides is 1. The van der Waals surface area contributed by atoms with E-state index in [-0.39, 0.29) is 16.5 Å². The first-order valence-electron chi connectivity index (χ1n) is 8.55. The summed E-state index contributed by atoms with van der Waals surface area (Å²) in [5.74, 6) is -0.338. The first-order chi connectivity index (χ1) is 13.1. The van der Waals surface area contributed by atoms with Crippen molar-refractivity contribution in [2.75, 3.05) is 0 Å². The average molecular weight is 459 g/mol. The van der Waals surface area contributed by atoms with Crippen molar-refractivity contribution in [3.05, 3.63) is 68.5 Å². The number of carbonyl (C=O) groups is 2. The molecule has 144 valence electrons. The topological polar surface area (TPSA) is 79.2 Å². The largest absolute Gasteiger partial charge is 0.422 e.